The van der Waals surface area contributed by atoms with Crippen LogP contribution < -0.4 is 5.32 Å². The predicted molar refractivity (Wildman–Crippen MR) is 84.0 cm³/mol. The summed E-state index contributed by atoms with van der Waals surface area (Å²) in [5.41, 5.74) is 2.63. The van der Waals surface area contributed by atoms with Crippen LogP contribution in [0.2, 0.25) is 5.22 Å². The van der Waals surface area contributed by atoms with Crippen molar-refractivity contribution in [2.75, 3.05) is 5.32 Å². The van der Waals surface area contributed by atoms with E-state index in [1.54, 1.807) is 11.3 Å². The van der Waals surface area contributed by atoms with Gasteiger partial charge in [-0.3, -0.25) is 4.79 Å². The van der Waals surface area contributed by atoms with Gasteiger partial charge in [0.25, 0.3) is 5.91 Å². The summed E-state index contributed by atoms with van der Waals surface area (Å²) >= 11 is 7.25. The van der Waals surface area contributed by atoms with Gasteiger partial charge < -0.3 is 9.73 Å². The molecule has 0 saturated heterocycles. The lowest BCUT2D eigenvalue weighted by atomic mass is 10.1. The molecular weight excluding hydrogens is 308 g/mol. The van der Waals surface area contributed by atoms with E-state index < -0.39 is 0 Å². The largest absolute Gasteiger partial charge is 0.440 e. The number of carbonyl (C=O) groups is 1. The van der Waals surface area contributed by atoms with E-state index in [-0.39, 0.29) is 16.9 Å². The van der Waals surface area contributed by atoms with Crippen LogP contribution in [-0.4, -0.2) is 10.9 Å². The van der Waals surface area contributed by atoms with E-state index in [9.17, 15) is 4.79 Å². The van der Waals surface area contributed by atoms with Crippen LogP contribution in [0.4, 0.5) is 5.69 Å². The molecule has 6 heteroatoms. The number of benzene rings is 1. The van der Waals surface area contributed by atoms with Crippen LogP contribution in [0.25, 0.3) is 11.3 Å². The fraction of sp³-hybridized carbons (Fsp3) is 0.0667. The van der Waals surface area contributed by atoms with Gasteiger partial charge in [0.1, 0.15) is 0 Å². The second-order valence-corrected chi connectivity index (χ2v) is 5.82. The first kappa shape index (κ1) is 13.9. The van der Waals surface area contributed by atoms with Crippen LogP contribution in [-0.2, 0) is 0 Å². The van der Waals surface area contributed by atoms with Crippen LogP contribution in [0.15, 0.2) is 46.2 Å². The molecule has 1 amide bonds. The van der Waals surface area contributed by atoms with Crippen molar-refractivity contribution >= 4 is 34.5 Å². The van der Waals surface area contributed by atoms with Crippen molar-refractivity contribution in [1.29, 1.82) is 0 Å². The zero-order valence-corrected chi connectivity index (χ0v) is 12.7. The van der Waals surface area contributed by atoms with Crippen LogP contribution in [0.3, 0.4) is 0 Å². The van der Waals surface area contributed by atoms with Crippen LogP contribution in [0.1, 0.15) is 15.6 Å². The van der Waals surface area contributed by atoms with Gasteiger partial charge in [0.05, 0.1) is 10.7 Å². The lowest BCUT2D eigenvalue weighted by molar-refractivity contribution is 0.0997. The molecule has 2 heterocycles. The van der Waals surface area contributed by atoms with Gasteiger partial charge in [0, 0.05) is 16.6 Å². The molecule has 0 saturated carbocycles. The van der Waals surface area contributed by atoms with Crippen LogP contribution in [0, 0.1) is 6.92 Å². The molecule has 4 nitrogen and oxygen atoms in total. The predicted octanol–water partition coefficient (Wildman–Crippen LogP) is 4.62. The number of aromatic nitrogens is 1. The van der Waals surface area contributed by atoms with Crippen molar-refractivity contribution in [2.45, 2.75) is 6.92 Å². The van der Waals surface area contributed by atoms with E-state index in [0.717, 1.165) is 16.3 Å². The minimum Gasteiger partial charge on any atom is -0.440 e. The van der Waals surface area contributed by atoms with Crippen LogP contribution in [0.5, 0.6) is 0 Å². The molecule has 0 bridgehead atoms. The summed E-state index contributed by atoms with van der Waals surface area (Å²) in [7, 11) is 0. The lowest BCUT2D eigenvalue weighted by Crippen LogP contribution is -2.10. The highest BCUT2D eigenvalue weighted by Gasteiger charge is 2.11. The monoisotopic (exact) mass is 318 g/mol. The molecule has 0 fully saturated rings. The number of hydrogen-bond donors (Lipinski definition) is 1. The van der Waals surface area contributed by atoms with Gasteiger partial charge in [0.15, 0.2) is 11.0 Å². The molecule has 1 N–H and O–H groups in total. The third kappa shape index (κ3) is 3.15. The Morgan fingerprint density at radius 1 is 1.24 bits per heavy atom. The first-order chi connectivity index (χ1) is 10.1. The highest BCUT2D eigenvalue weighted by Crippen LogP contribution is 2.23. The molecule has 1 aromatic carbocycles. The maximum atomic E-state index is 11.9. The van der Waals surface area contributed by atoms with E-state index in [1.165, 1.54) is 12.1 Å². The number of nitrogens with zero attached hydrogens (tertiary/aromatic N) is 1. The third-order valence-electron chi connectivity index (χ3n) is 2.85. The normalized spacial score (nSPS) is 10.6. The Bertz CT molecular complexity index is 777. The van der Waals surface area contributed by atoms with E-state index in [4.69, 9.17) is 16.0 Å². The molecule has 0 spiro atoms. The summed E-state index contributed by atoms with van der Waals surface area (Å²) in [6.45, 7) is 1.97. The topological polar surface area (TPSA) is 55.1 Å². The number of aryl methyl sites for hydroxylation is 1. The highest BCUT2D eigenvalue weighted by atomic mass is 35.5. The minimum absolute atomic E-state index is 0.180. The number of furan rings is 1. The number of carbonyl (C=O) groups excluding carboxylic acids is 1. The number of amides is 1. The molecule has 0 aliphatic heterocycles. The Morgan fingerprint density at radius 3 is 2.57 bits per heavy atom. The van der Waals surface area contributed by atoms with Crippen molar-refractivity contribution in [3.8, 4) is 11.3 Å². The number of rotatable bonds is 3. The van der Waals surface area contributed by atoms with Crippen molar-refractivity contribution in [3.05, 3.63) is 57.8 Å². The third-order valence-corrected chi connectivity index (χ3v) is 3.83. The number of hydrogen-bond acceptors (Lipinski definition) is 4. The summed E-state index contributed by atoms with van der Waals surface area (Å²) in [6, 6.07) is 10.5. The van der Waals surface area contributed by atoms with Crippen molar-refractivity contribution in [1.82, 2.24) is 4.98 Å². The molecule has 3 rings (SSSR count). The van der Waals surface area contributed by atoms with Gasteiger partial charge in [-0.15, -0.1) is 11.3 Å². The second-order valence-electron chi connectivity index (χ2n) is 4.39. The van der Waals surface area contributed by atoms with Crippen molar-refractivity contribution in [3.63, 3.8) is 0 Å². The molecule has 0 unspecified atom stereocenters. The first-order valence-electron chi connectivity index (χ1n) is 6.21. The van der Waals surface area contributed by atoms with Gasteiger partial charge in [0.2, 0.25) is 0 Å². The lowest BCUT2D eigenvalue weighted by Gasteiger charge is -2.04. The molecule has 0 radical (unpaired) electrons. The fourth-order valence-corrected chi connectivity index (χ4v) is 2.62. The highest BCUT2D eigenvalue weighted by molar-refractivity contribution is 7.09. The van der Waals surface area contributed by atoms with Gasteiger partial charge in [-0.2, -0.15) is 0 Å². The smallest absolute Gasteiger partial charge is 0.291 e. The summed E-state index contributed by atoms with van der Waals surface area (Å²) in [5.74, 6) is -0.154. The zero-order chi connectivity index (χ0) is 14.8. The summed E-state index contributed by atoms with van der Waals surface area (Å²) in [6.07, 6.45) is 0. The second kappa shape index (κ2) is 5.71. The number of anilines is 1. The Morgan fingerprint density at radius 2 is 2.00 bits per heavy atom. The standard InChI is InChI=1S/C15H11ClN2O2S/c1-9-17-12(8-21-9)10-2-4-11(5-3-10)18-15(19)13-6-7-14(16)20-13/h2-8H,1H3,(H,18,19). The molecular formula is C15H11ClN2O2S. The SMILES string of the molecule is Cc1nc(-c2ccc(NC(=O)c3ccc(Cl)o3)cc2)cs1. The number of thiazole rings is 1. The Hall–Kier alpha value is -2.11. The summed E-state index contributed by atoms with van der Waals surface area (Å²) in [5, 5.41) is 5.97. The Labute approximate surface area is 130 Å². The average molecular weight is 319 g/mol. The van der Waals surface area contributed by atoms with Gasteiger partial charge in [-0.05, 0) is 42.8 Å². The minimum atomic E-state index is -0.334. The van der Waals surface area contributed by atoms with Gasteiger partial charge in [-0.1, -0.05) is 12.1 Å². The van der Waals surface area contributed by atoms with Gasteiger partial charge in [-0.25, -0.2) is 4.98 Å². The molecule has 21 heavy (non-hydrogen) atoms. The van der Waals surface area contributed by atoms with Gasteiger partial charge >= 0.3 is 0 Å². The number of halogens is 1. The Balaban J connectivity index is 1.74. The molecule has 3 aromatic rings. The maximum Gasteiger partial charge on any atom is 0.291 e. The first-order valence-corrected chi connectivity index (χ1v) is 7.47. The molecule has 106 valence electrons. The average Bonchev–Trinajstić information content (AvgIpc) is 3.08. The van der Waals surface area contributed by atoms with Crippen molar-refractivity contribution < 1.29 is 9.21 Å². The molecule has 2 aromatic heterocycles. The van der Waals surface area contributed by atoms with Crippen molar-refractivity contribution in [2.24, 2.45) is 0 Å². The maximum absolute atomic E-state index is 11.9. The van der Waals surface area contributed by atoms with E-state index in [0.29, 0.717) is 5.69 Å². The molecule has 0 aliphatic carbocycles. The Kier molecular flexibility index (Phi) is 3.77. The fourth-order valence-electron chi connectivity index (χ4n) is 1.85. The zero-order valence-electron chi connectivity index (χ0n) is 11.1. The van der Waals surface area contributed by atoms with E-state index in [1.807, 2.05) is 36.6 Å². The van der Waals surface area contributed by atoms with E-state index >= 15 is 0 Å². The van der Waals surface area contributed by atoms with E-state index in [2.05, 4.69) is 10.3 Å². The molecule has 0 atom stereocenters. The quantitative estimate of drug-likeness (QED) is 0.766. The summed E-state index contributed by atoms with van der Waals surface area (Å²) < 4.78 is 5.06. The summed E-state index contributed by atoms with van der Waals surface area (Å²) in [4.78, 5) is 16.3. The molecule has 0 aliphatic rings. The number of nitrogens with one attached hydrogen (secondary N) is 1. The van der Waals surface area contributed by atoms with Crippen LogP contribution >= 0.6 is 22.9 Å².